The molecule has 0 amide bonds. The maximum Gasteiger partial charge on any atom is 0.213 e. The Bertz CT molecular complexity index is 1120. The van der Waals surface area contributed by atoms with E-state index in [1.165, 1.54) is 4.90 Å². The molecule has 152 valence electrons. The van der Waals surface area contributed by atoms with Crippen LogP contribution in [0.4, 0.5) is 0 Å². The summed E-state index contributed by atoms with van der Waals surface area (Å²) in [5.41, 5.74) is 4.22. The zero-order valence-corrected chi connectivity index (χ0v) is 18.3. The average Bonchev–Trinajstić information content (AvgIpc) is 3.25. The van der Waals surface area contributed by atoms with Gasteiger partial charge in [-0.2, -0.15) is 5.10 Å². The molecule has 2 atom stereocenters. The minimum Gasteiger partial charge on any atom is -0.497 e. The van der Waals surface area contributed by atoms with Crippen LogP contribution >= 0.6 is 23.4 Å². The van der Waals surface area contributed by atoms with Gasteiger partial charge in [0.1, 0.15) is 11.5 Å². The summed E-state index contributed by atoms with van der Waals surface area (Å²) in [6.07, 6.45) is 2.57. The largest absolute Gasteiger partial charge is 0.497 e. The van der Waals surface area contributed by atoms with Crippen LogP contribution in [-0.2, 0) is 0 Å². The summed E-state index contributed by atoms with van der Waals surface area (Å²) in [7, 11) is 1.68. The van der Waals surface area contributed by atoms with Crippen molar-refractivity contribution in [2.24, 2.45) is 5.10 Å². The molecule has 0 radical (unpaired) electrons. The molecule has 2 aliphatic heterocycles. The van der Waals surface area contributed by atoms with E-state index in [0.717, 1.165) is 40.3 Å². The summed E-state index contributed by atoms with van der Waals surface area (Å²) in [6.45, 7) is 0. The van der Waals surface area contributed by atoms with Crippen molar-refractivity contribution in [1.82, 2.24) is 5.01 Å². The van der Waals surface area contributed by atoms with Crippen molar-refractivity contribution >= 4 is 29.1 Å². The molecule has 0 aromatic heterocycles. The number of methoxy groups -OCH3 is 1. The summed E-state index contributed by atoms with van der Waals surface area (Å²) in [6, 6.07) is 22.4. The van der Waals surface area contributed by atoms with Crippen molar-refractivity contribution < 1.29 is 9.47 Å². The Morgan fingerprint density at radius 3 is 2.70 bits per heavy atom. The second kappa shape index (κ2) is 7.89. The summed E-state index contributed by atoms with van der Waals surface area (Å²) >= 11 is 8.04. The molecular weight excluding hydrogens is 416 g/mol. The lowest BCUT2D eigenvalue weighted by atomic mass is 9.96. The Morgan fingerprint density at radius 1 is 1.10 bits per heavy atom. The van der Waals surface area contributed by atoms with Gasteiger partial charge in [0.25, 0.3) is 0 Å². The fraction of sp³-hybridized carbons (Fsp3) is 0.208. The number of ether oxygens (including phenoxy) is 2. The summed E-state index contributed by atoms with van der Waals surface area (Å²) in [5.74, 6) is 1.69. The van der Waals surface area contributed by atoms with E-state index in [1.54, 1.807) is 18.9 Å². The number of fused-ring (bicyclic) bond motifs is 3. The molecule has 2 aliphatic rings. The van der Waals surface area contributed by atoms with Crippen LogP contribution in [0.5, 0.6) is 11.5 Å². The highest BCUT2D eigenvalue weighted by Gasteiger charge is 2.41. The van der Waals surface area contributed by atoms with Gasteiger partial charge in [0.15, 0.2) is 0 Å². The Kier molecular flexibility index (Phi) is 5.09. The molecule has 0 saturated heterocycles. The minimum absolute atomic E-state index is 0.0684. The van der Waals surface area contributed by atoms with E-state index in [1.807, 2.05) is 36.4 Å². The van der Waals surface area contributed by atoms with Crippen molar-refractivity contribution in [2.45, 2.75) is 23.6 Å². The third-order valence-electron chi connectivity index (χ3n) is 5.56. The van der Waals surface area contributed by atoms with Gasteiger partial charge in [0.05, 0.1) is 18.9 Å². The lowest BCUT2D eigenvalue weighted by Crippen LogP contribution is -2.33. The number of halogens is 1. The van der Waals surface area contributed by atoms with Gasteiger partial charge in [-0.15, -0.1) is 11.8 Å². The molecule has 6 heteroatoms. The zero-order chi connectivity index (χ0) is 20.7. The highest BCUT2D eigenvalue weighted by molar-refractivity contribution is 7.98. The molecule has 30 heavy (non-hydrogen) atoms. The van der Waals surface area contributed by atoms with Gasteiger partial charge < -0.3 is 9.47 Å². The van der Waals surface area contributed by atoms with Gasteiger partial charge in [-0.25, -0.2) is 5.01 Å². The van der Waals surface area contributed by atoms with Crippen LogP contribution in [0.2, 0.25) is 5.02 Å². The van der Waals surface area contributed by atoms with Crippen LogP contribution in [0.25, 0.3) is 0 Å². The average molecular weight is 437 g/mol. The Balaban J connectivity index is 1.58. The van der Waals surface area contributed by atoms with Crippen LogP contribution in [0.3, 0.4) is 0 Å². The fourth-order valence-electron chi connectivity index (χ4n) is 4.02. The summed E-state index contributed by atoms with van der Waals surface area (Å²) in [5, 5.41) is 7.78. The van der Waals surface area contributed by atoms with Gasteiger partial charge in [-0.1, -0.05) is 35.9 Å². The van der Waals surface area contributed by atoms with Crippen molar-refractivity contribution in [3.8, 4) is 11.5 Å². The lowest BCUT2D eigenvalue weighted by molar-refractivity contribution is -0.0190. The Labute approximate surface area is 185 Å². The lowest BCUT2D eigenvalue weighted by Gasteiger charge is -2.38. The van der Waals surface area contributed by atoms with Crippen LogP contribution < -0.4 is 9.47 Å². The molecule has 4 nitrogen and oxygen atoms in total. The molecule has 0 bridgehead atoms. The van der Waals surface area contributed by atoms with Crippen molar-refractivity contribution in [3.05, 3.63) is 88.4 Å². The van der Waals surface area contributed by atoms with Gasteiger partial charge in [-0.3, -0.25) is 0 Å². The zero-order valence-electron chi connectivity index (χ0n) is 16.7. The van der Waals surface area contributed by atoms with Gasteiger partial charge >= 0.3 is 0 Å². The van der Waals surface area contributed by atoms with E-state index in [9.17, 15) is 0 Å². The van der Waals surface area contributed by atoms with Gasteiger partial charge in [-0.05, 0) is 48.7 Å². The first kappa shape index (κ1) is 19.3. The van der Waals surface area contributed by atoms with E-state index < -0.39 is 0 Å². The predicted molar refractivity (Wildman–Crippen MR) is 122 cm³/mol. The number of nitrogens with zero attached hydrogens (tertiary/aromatic N) is 2. The first-order valence-electron chi connectivity index (χ1n) is 9.76. The Hall–Kier alpha value is -2.63. The second-order valence-corrected chi connectivity index (χ2v) is 8.62. The van der Waals surface area contributed by atoms with Crippen LogP contribution in [0, 0.1) is 0 Å². The summed E-state index contributed by atoms with van der Waals surface area (Å²) in [4.78, 5) is 1.22. The Morgan fingerprint density at radius 2 is 1.93 bits per heavy atom. The molecule has 3 aromatic carbocycles. The molecular formula is C24H21ClN2O2S. The quantitative estimate of drug-likeness (QED) is 0.448. The van der Waals surface area contributed by atoms with Crippen molar-refractivity contribution in [1.29, 1.82) is 0 Å². The number of benzene rings is 3. The van der Waals surface area contributed by atoms with Crippen LogP contribution in [0.1, 0.15) is 35.4 Å². The molecule has 3 aromatic rings. The second-order valence-electron chi connectivity index (χ2n) is 7.30. The third-order valence-corrected chi connectivity index (χ3v) is 6.53. The smallest absolute Gasteiger partial charge is 0.213 e. The van der Waals surface area contributed by atoms with E-state index in [4.69, 9.17) is 26.2 Å². The van der Waals surface area contributed by atoms with E-state index in [0.29, 0.717) is 5.02 Å². The molecule has 0 spiro atoms. The standard InChI is InChI=1S/C24H21ClN2O2S/c1-28-18-5-3-4-16(12-18)21-14-22-20-13-17(25)8-11-23(20)29-24(27(22)26-21)15-6-9-19(30-2)10-7-15/h3-13,22,24H,14H2,1-2H3/t22-,24-/m0/s1. The molecule has 0 fully saturated rings. The van der Waals surface area contributed by atoms with Crippen LogP contribution in [-0.4, -0.2) is 24.1 Å². The first-order chi connectivity index (χ1) is 14.7. The van der Waals surface area contributed by atoms with Crippen molar-refractivity contribution in [2.75, 3.05) is 13.4 Å². The number of thioether (sulfide) groups is 1. The third kappa shape index (κ3) is 3.42. The summed E-state index contributed by atoms with van der Waals surface area (Å²) < 4.78 is 11.8. The number of hydrogen-bond acceptors (Lipinski definition) is 5. The van der Waals surface area contributed by atoms with Crippen molar-refractivity contribution in [3.63, 3.8) is 0 Å². The van der Waals surface area contributed by atoms with Gasteiger partial charge in [0, 0.05) is 33.0 Å². The fourth-order valence-corrected chi connectivity index (χ4v) is 4.61. The van der Waals surface area contributed by atoms with Gasteiger partial charge in [0.2, 0.25) is 6.23 Å². The highest BCUT2D eigenvalue weighted by atomic mass is 35.5. The molecule has 0 N–H and O–H groups in total. The van der Waals surface area contributed by atoms with E-state index >= 15 is 0 Å². The minimum atomic E-state index is -0.289. The molecule has 2 heterocycles. The number of rotatable bonds is 4. The maximum absolute atomic E-state index is 6.42. The monoisotopic (exact) mass is 436 g/mol. The molecule has 0 unspecified atom stereocenters. The van der Waals surface area contributed by atoms with E-state index in [2.05, 4.69) is 41.6 Å². The van der Waals surface area contributed by atoms with Crippen LogP contribution in [0.15, 0.2) is 76.7 Å². The number of hydrogen-bond donors (Lipinski definition) is 0. The molecule has 0 aliphatic carbocycles. The highest BCUT2D eigenvalue weighted by Crippen LogP contribution is 2.48. The normalized spacial score (nSPS) is 19.6. The first-order valence-corrected chi connectivity index (χ1v) is 11.4. The molecule has 0 saturated carbocycles. The SMILES string of the molecule is COc1cccc(C2=NN3[C@@H](C2)c2cc(Cl)ccc2O[C@H]3c2ccc(SC)cc2)c1. The number of hydrazone groups is 1. The topological polar surface area (TPSA) is 34.1 Å². The predicted octanol–water partition coefficient (Wildman–Crippen LogP) is 6.31. The maximum atomic E-state index is 6.42. The van der Waals surface area contributed by atoms with E-state index in [-0.39, 0.29) is 12.3 Å². The molecule has 5 rings (SSSR count).